The Morgan fingerprint density at radius 3 is 2.55 bits per heavy atom. The number of aromatic nitrogens is 3. The van der Waals surface area contributed by atoms with Gasteiger partial charge < -0.3 is 19.7 Å². The maximum Gasteiger partial charge on any atom is 0.335 e. The van der Waals surface area contributed by atoms with Crippen molar-refractivity contribution >= 4 is 22.0 Å². The van der Waals surface area contributed by atoms with Crippen LogP contribution in [0.4, 0.5) is 0 Å². The van der Waals surface area contributed by atoms with Crippen molar-refractivity contribution in [3.63, 3.8) is 0 Å². The Morgan fingerprint density at radius 1 is 1.06 bits per heavy atom. The normalized spacial score (nSPS) is 16.9. The van der Waals surface area contributed by atoms with Crippen LogP contribution in [0.25, 0.3) is 0 Å². The van der Waals surface area contributed by atoms with E-state index in [1.54, 1.807) is 73.3 Å². The fourth-order valence-corrected chi connectivity index (χ4v) is 7.06. The molecule has 0 radical (unpaired) electrons. The first-order valence-electron chi connectivity index (χ1n) is 15.2. The van der Waals surface area contributed by atoms with Gasteiger partial charge in [0.2, 0.25) is 10.0 Å². The quantitative estimate of drug-likeness (QED) is 0.210. The monoisotopic (exact) mass is 662 g/mol. The van der Waals surface area contributed by atoms with Gasteiger partial charge in [0.25, 0.3) is 0 Å². The number of hydrogen-bond acceptors (Lipinski definition) is 8. The first-order chi connectivity index (χ1) is 22.3. The maximum absolute atomic E-state index is 13.8. The first-order valence-corrected chi connectivity index (χ1v) is 16.6. The summed E-state index contributed by atoms with van der Waals surface area (Å²) in [6, 6.07) is 18.6. The third-order valence-corrected chi connectivity index (χ3v) is 10.2. The van der Waals surface area contributed by atoms with E-state index in [2.05, 4.69) is 10.3 Å². The number of carboxylic acid groups (broad SMARTS) is 2. The number of nitrogens with zero attached hydrogens (tertiary/aromatic N) is 4. The van der Waals surface area contributed by atoms with Crippen molar-refractivity contribution in [3.05, 3.63) is 106 Å². The van der Waals surface area contributed by atoms with Crippen molar-refractivity contribution in [2.24, 2.45) is 5.41 Å². The standard InChI is InChI=1S/C34H38N4O8S/c1-5-28-20-38(47(43,44)30-12-7-6-11-29(30)46-28)18-26-16-24(14-13-22(26)2)31(34(3,4)33(41)42)45-21-27-19-37(36-35-27)17-23-9-8-10-25(15-23)32(39)40/h6-16,19,28,31H,5,17-18,20-21H2,1-4H3,(H,39,40)(H,41,42)/t28-,31?/m1/s1. The molecular weight excluding hydrogens is 624 g/mol. The van der Waals surface area contributed by atoms with Crippen LogP contribution in [0.1, 0.15) is 71.6 Å². The van der Waals surface area contributed by atoms with Gasteiger partial charge >= 0.3 is 11.9 Å². The first kappa shape index (κ1) is 33.8. The second-order valence-corrected chi connectivity index (χ2v) is 14.1. The average molecular weight is 663 g/mol. The molecule has 0 saturated heterocycles. The maximum atomic E-state index is 13.8. The van der Waals surface area contributed by atoms with Gasteiger partial charge in [-0.25, -0.2) is 17.9 Å². The molecule has 1 unspecified atom stereocenters. The Hall–Kier alpha value is -4.59. The van der Waals surface area contributed by atoms with Crippen LogP contribution in [0.5, 0.6) is 5.75 Å². The Labute approximate surface area is 273 Å². The number of sulfonamides is 1. The van der Waals surface area contributed by atoms with Gasteiger partial charge in [0.1, 0.15) is 22.4 Å². The highest BCUT2D eigenvalue weighted by molar-refractivity contribution is 7.89. The molecule has 1 aliphatic rings. The molecule has 3 aromatic carbocycles. The fraction of sp³-hybridized carbons (Fsp3) is 0.353. The van der Waals surface area contributed by atoms with Gasteiger partial charge in [-0.05, 0) is 73.7 Å². The highest BCUT2D eigenvalue weighted by Crippen LogP contribution is 2.39. The molecule has 0 spiro atoms. The predicted molar refractivity (Wildman–Crippen MR) is 171 cm³/mol. The lowest BCUT2D eigenvalue weighted by molar-refractivity contribution is -0.158. The number of benzene rings is 3. The number of hydrogen-bond donors (Lipinski definition) is 2. The molecule has 5 rings (SSSR count). The zero-order chi connectivity index (χ0) is 33.9. The summed E-state index contributed by atoms with van der Waals surface area (Å²) in [5, 5.41) is 27.8. The number of carboxylic acids is 2. The molecule has 12 nitrogen and oxygen atoms in total. The fourth-order valence-electron chi connectivity index (χ4n) is 5.49. The molecule has 1 aliphatic heterocycles. The Balaban J connectivity index is 1.39. The van der Waals surface area contributed by atoms with E-state index in [9.17, 15) is 28.2 Å². The molecule has 2 N–H and O–H groups in total. The van der Waals surface area contributed by atoms with E-state index in [1.165, 1.54) is 10.4 Å². The van der Waals surface area contributed by atoms with Crippen molar-refractivity contribution < 1.29 is 37.7 Å². The zero-order valence-corrected chi connectivity index (χ0v) is 27.5. The number of aliphatic carboxylic acids is 1. The molecule has 0 aliphatic carbocycles. The van der Waals surface area contributed by atoms with Crippen LogP contribution in [0.2, 0.25) is 0 Å². The Kier molecular flexibility index (Phi) is 9.80. The van der Waals surface area contributed by atoms with E-state index < -0.39 is 33.5 Å². The number of para-hydroxylation sites is 1. The van der Waals surface area contributed by atoms with Gasteiger partial charge in [-0.1, -0.05) is 54.6 Å². The molecule has 0 bridgehead atoms. The van der Waals surface area contributed by atoms with E-state index in [4.69, 9.17) is 9.47 Å². The molecule has 0 fully saturated rings. The summed E-state index contributed by atoms with van der Waals surface area (Å²) in [5.74, 6) is -1.76. The lowest BCUT2D eigenvalue weighted by Crippen LogP contribution is -2.36. The second kappa shape index (κ2) is 13.6. The average Bonchev–Trinajstić information content (AvgIpc) is 3.44. The second-order valence-electron chi connectivity index (χ2n) is 12.2. The Morgan fingerprint density at radius 2 is 1.83 bits per heavy atom. The van der Waals surface area contributed by atoms with Crippen LogP contribution >= 0.6 is 0 Å². The summed E-state index contributed by atoms with van der Waals surface area (Å²) in [4.78, 5) is 23.9. The minimum Gasteiger partial charge on any atom is -0.488 e. The number of carbonyl (C=O) groups is 2. The third kappa shape index (κ3) is 7.37. The van der Waals surface area contributed by atoms with E-state index in [-0.39, 0.29) is 42.8 Å². The number of ether oxygens (including phenoxy) is 2. The summed E-state index contributed by atoms with van der Waals surface area (Å²) in [7, 11) is -3.89. The largest absolute Gasteiger partial charge is 0.488 e. The predicted octanol–water partition coefficient (Wildman–Crippen LogP) is 5.06. The van der Waals surface area contributed by atoms with Crippen LogP contribution in [-0.2, 0) is 39.3 Å². The minimum atomic E-state index is -3.89. The number of aromatic carboxylic acids is 1. The molecule has 1 aromatic heterocycles. The van der Waals surface area contributed by atoms with Gasteiger partial charge in [-0.15, -0.1) is 5.10 Å². The van der Waals surface area contributed by atoms with Crippen LogP contribution in [0.15, 0.2) is 77.8 Å². The zero-order valence-electron chi connectivity index (χ0n) is 26.7. The van der Waals surface area contributed by atoms with Crippen LogP contribution in [0.3, 0.4) is 0 Å². The molecule has 2 atom stereocenters. The van der Waals surface area contributed by atoms with Crippen molar-refractivity contribution in [1.29, 1.82) is 0 Å². The van der Waals surface area contributed by atoms with Crippen molar-refractivity contribution in [2.45, 2.75) is 70.9 Å². The molecule has 47 heavy (non-hydrogen) atoms. The molecule has 13 heteroatoms. The van der Waals surface area contributed by atoms with Crippen molar-refractivity contribution in [2.75, 3.05) is 6.54 Å². The highest BCUT2D eigenvalue weighted by atomic mass is 32.2. The summed E-state index contributed by atoms with van der Waals surface area (Å²) in [6.07, 6.45) is 1.01. The van der Waals surface area contributed by atoms with Gasteiger partial charge in [0.05, 0.1) is 43.0 Å². The van der Waals surface area contributed by atoms with Crippen molar-refractivity contribution in [1.82, 2.24) is 19.3 Å². The number of aryl methyl sites for hydroxylation is 1. The topological polar surface area (TPSA) is 161 Å². The molecular formula is C34H38N4O8S. The molecule has 0 saturated carbocycles. The van der Waals surface area contributed by atoms with Gasteiger partial charge in [0.15, 0.2) is 0 Å². The molecule has 4 aromatic rings. The summed E-state index contributed by atoms with van der Waals surface area (Å²) in [6.45, 7) is 7.44. The van der Waals surface area contributed by atoms with Crippen molar-refractivity contribution in [3.8, 4) is 5.75 Å². The van der Waals surface area contributed by atoms with Gasteiger partial charge in [-0.2, -0.15) is 4.31 Å². The van der Waals surface area contributed by atoms with Crippen LogP contribution in [-0.4, -0.2) is 62.5 Å². The molecule has 0 amide bonds. The van der Waals surface area contributed by atoms with E-state index in [0.717, 1.165) is 11.1 Å². The summed E-state index contributed by atoms with van der Waals surface area (Å²) < 4.78 is 42.9. The summed E-state index contributed by atoms with van der Waals surface area (Å²) in [5.41, 5.74) is 2.12. The third-order valence-electron chi connectivity index (χ3n) is 8.36. The van der Waals surface area contributed by atoms with Gasteiger partial charge in [0, 0.05) is 6.54 Å². The van der Waals surface area contributed by atoms with Gasteiger partial charge in [-0.3, -0.25) is 4.79 Å². The number of fused-ring (bicyclic) bond motifs is 1. The Bertz CT molecular complexity index is 1890. The van der Waals surface area contributed by atoms with Crippen LogP contribution in [0, 0.1) is 12.3 Å². The van der Waals surface area contributed by atoms with E-state index in [1.807, 2.05) is 26.0 Å². The number of rotatable bonds is 12. The lowest BCUT2D eigenvalue weighted by Gasteiger charge is -2.31. The lowest BCUT2D eigenvalue weighted by atomic mass is 9.81. The van der Waals surface area contributed by atoms with E-state index >= 15 is 0 Å². The van der Waals surface area contributed by atoms with E-state index in [0.29, 0.717) is 29.0 Å². The van der Waals surface area contributed by atoms with Crippen LogP contribution < -0.4 is 4.74 Å². The molecule has 248 valence electrons. The SMILES string of the molecule is CC[C@@H]1CN(Cc2cc(C(OCc3cn(Cc4cccc(C(=O)O)c4)nn3)C(C)(C)C(=O)O)ccc2C)S(=O)(=O)c2ccccc2O1. The molecule has 2 heterocycles. The minimum absolute atomic E-state index is 0.0490. The highest BCUT2D eigenvalue weighted by Gasteiger charge is 2.40. The smallest absolute Gasteiger partial charge is 0.335 e. The summed E-state index contributed by atoms with van der Waals surface area (Å²) >= 11 is 0.